The van der Waals surface area contributed by atoms with Crippen LogP contribution in [0.4, 0.5) is 11.5 Å². The Morgan fingerprint density at radius 2 is 2.04 bits per heavy atom. The molecule has 2 amide bonds. The quantitative estimate of drug-likeness (QED) is 0.815. The number of anilines is 2. The van der Waals surface area contributed by atoms with Crippen molar-refractivity contribution in [2.24, 2.45) is 5.92 Å². The summed E-state index contributed by atoms with van der Waals surface area (Å²) in [6, 6.07) is 7.27. The lowest BCUT2D eigenvalue weighted by molar-refractivity contribution is -0.124. The van der Waals surface area contributed by atoms with Gasteiger partial charge in [-0.25, -0.2) is 4.68 Å². The lowest BCUT2D eigenvalue weighted by Gasteiger charge is -2.29. The number of hydrogen-bond acceptors (Lipinski definition) is 5. The van der Waals surface area contributed by atoms with E-state index in [1.54, 1.807) is 28.1 Å². The van der Waals surface area contributed by atoms with Gasteiger partial charge in [-0.1, -0.05) is 0 Å². The molecule has 0 unspecified atom stereocenters. The van der Waals surface area contributed by atoms with Crippen LogP contribution in [0.3, 0.4) is 0 Å². The van der Waals surface area contributed by atoms with Gasteiger partial charge in [-0.3, -0.25) is 14.5 Å². The first kappa shape index (κ1) is 15.2. The number of aromatic nitrogens is 2. The monoisotopic (exact) mass is 354 g/mol. The number of carbonyl (C=O) groups excluding carboxylic acids is 2. The average molecular weight is 354 g/mol. The summed E-state index contributed by atoms with van der Waals surface area (Å²) in [6.07, 6.45) is 2.80. The average Bonchev–Trinajstić information content (AvgIpc) is 3.38. The number of benzene rings is 1. The highest BCUT2D eigenvalue weighted by atomic mass is 16.7. The van der Waals surface area contributed by atoms with Crippen molar-refractivity contribution < 1.29 is 19.1 Å². The van der Waals surface area contributed by atoms with Gasteiger partial charge in [-0.2, -0.15) is 5.10 Å². The highest BCUT2D eigenvalue weighted by molar-refractivity contribution is 6.04. The van der Waals surface area contributed by atoms with Crippen molar-refractivity contribution >= 4 is 23.3 Å². The topological polar surface area (TPSA) is 76.9 Å². The van der Waals surface area contributed by atoms with E-state index in [4.69, 9.17) is 9.47 Å². The molecule has 1 fully saturated rings. The molecule has 8 heteroatoms. The molecule has 2 aromatic rings. The number of ether oxygens (including phenoxy) is 2. The second-order valence-corrected chi connectivity index (χ2v) is 6.70. The maximum absolute atomic E-state index is 13.0. The van der Waals surface area contributed by atoms with Crippen molar-refractivity contribution in [2.75, 3.05) is 29.7 Å². The Morgan fingerprint density at radius 1 is 1.15 bits per heavy atom. The van der Waals surface area contributed by atoms with Crippen LogP contribution in [0.25, 0.3) is 0 Å². The molecule has 0 N–H and O–H groups in total. The van der Waals surface area contributed by atoms with Crippen molar-refractivity contribution in [1.82, 2.24) is 9.78 Å². The van der Waals surface area contributed by atoms with Crippen LogP contribution >= 0.6 is 0 Å². The summed E-state index contributed by atoms with van der Waals surface area (Å²) in [5, 5.41) is 4.25. The molecule has 0 saturated carbocycles. The van der Waals surface area contributed by atoms with E-state index in [1.807, 2.05) is 16.8 Å². The molecule has 5 rings (SSSR count). The van der Waals surface area contributed by atoms with E-state index < -0.39 is 0 Å². The zero-order valence-electron chi connectivity index (χ0n) is 14.1. The summed E-state index contributed by atoms with van der Waals surface area (Å²) in [4.78, 5) is 29.0. The molecule has 1 aromatic carbocycles. The van der Waals surface area contributed by atoms with Gasteiger partial charge < -0.3 is 14.4 Å². The molecule has 134 valence electrons. The minimum absolute atomic E-state index is 0.0111. The number of hydrogen-bond donors (Lipinski definition) is 0. The smallest absolute Gasteiger partial charge is 0.233 e. The van der Waals surface area contributed by atoms with Crippen molar-refractivity contribution in [1.29, 1.82) is 0 Å². The molecule has 8 nitrogen and oxygen atoms in total. The molecule has 1 aromatic heterocycles. The van der Waals surface area contributed by atoms with Crippen LogP contribution in [-0.2, 0) is 16.1 Å². The van der Waals surface area contributed by atoms with E-state index in [2.05, 4.69) is 5.10 Å². The Kier molecular flexibility index (Phi) is 3.37. The maximum atomic E-state index is 13.0. The molecule has 0 radical (unpaired) electrons. The summed E-state index contributed by atoms with van der Waals surface area (Å²) in [7, 11) is 0. The second-order valence-electron chi connectivity index (χ2n) is 6.70. The first-order chi connectivity index (χ1) is 12.7. The van der Waals surface area contributed by atoms with Crippen LogP contribution in [0.5, 0.6) is 11.5 Å². The SMILES string of the molecule is O=C1C[C@@H](C(=O)N2CCCn3nccc32)CN1c1ccc2c(c1)OCO2. The van der Waals surface area contributed by atoms with Crippen LogP contribution in [0, 0.1) is 5.92 Å². The Hall–Kier alpha value is -3.03. The molecule has 0 bridgehead atoms. The van der Waals surface area contributed by atoms with Gasteiger partial charge >= 0.3 is 0 Å². The lowest BCUT2D eigenvalue weighted by atomic mass is 10.1. The van der Waals surface area contributed by atoms with Crippen LogP contribution in [0.2, 0.25) is 0 Å². The molecular weight excluding hydrogens is 336 g/mol. The van der Waals surface area contributed by atoms with Crippen molar-refractivity contribution in [2.45, 2.75) is 19.4 Å². The van der Waals surface area contributed by atoms with Gasteiger partial charge in [-0.15, -0.1) is 0 Å². The van der Waals surface area contributed by atoms with Crippen molar-refractivity contribution in [3.63, 3.8) is 0 Å². The predicted molar refractivity (Wildman–Crippen MR) is 92.2 cm³/mol. The van der Waals surface area contributed by atoms with E-state index in [9.17, 15) is 9.59 Å². The van der Waals surface area contributed by atoms with E-state index in [-0.39, 0.29) is 30.9 Å². The van der Waals surface area contributed by atoms with Crippen LogP contribution in [-0.4, -0.2) is 41.5 Å². The second kappa shape index (κ2) is 5.76. The summed E-state index contributed by atoms with van der Waals surface area (Å²) < 4.78 is 12.5. The first-order valence-corrected chi connectivity index (χ1v) is 8.74. The van der Waals surface area contributed by atoms with Crippen molar-refractivity contribution in [3.05, 3.63) is 30.5 Å². The molecule has 0 spiro atoms. The summed E-state index contributed by atoms with van der Waals surface area (Å²) in [5.74, 6) is 1.71. The Labute approximate surface area is 149 Å². The third kappa shape index (κ3) is 2.33. The number of carbonyl (C=O) groups is 2. The molecule has 0 aliphatic carbocycles. The fourth-order valence-corrected chi connectivity index (χ4v) is 3.84. The normalized spacial score (nSPS) is 21.2. The zero-order valence-corrected chi connectivity index (χ0v) is 14.1. The number of rotatable bonds is 2. The standard InChI is InChI=1S/C18H18N4O4/c23-17-8-12(18(24)20-6-1-7-22-16(20)4-5-19-22)10-21(17)13-2-3-14-15(9-13)26-11-25-14/h2-5,9,12H,1,6-8,10-11H2/t12-/m1/s1. The van der Waals surface area contributed by atoms with Crippen LogP contribution in [0.1, 0.15) is 12.8 Å². The number of amides is 2. The number of fused-ring (bicyclic) bond motifs is 2. The molecule has 4 heterocycles. The first-order valence-electron chi connectivity index (χ1n) is 8.74. The van der Waals surface area contributed by atoms with Gasteiger partial charge in [0.25, 0.3) is 0 Å². The van der Waals surface area contributed by atoms with Crippen LogP contribution in [0.15, 0.2) is 30.5 Å². The molecule has 1 atom stereocenters. The summed E-state index contributed by atoms with van der Waals surface area (Å²) in [5.41, 5.74) is 0.734. The van der Waals surface area contributed by atoms with E-state index in [0.717, 1.165) is 24.5 Å². The van der Waals surface area contributed by atoms with E-state index in [0.29, 0.717) is 24.6 Å². The number of nitrogens with zero attached hydrogens (tertiary/aromatic N) is 4. The van der Waals surface area contributed by atoms with Crippen LogP contribution < -0.4 is 19.3 Å². The molecule has 3 aliphatic heterocycles. The fraction of sp³-hybridized carbons (Fsp3) is 0.389. The van der Waals surface area contributed by atoms with Gasteiger partial charge in [0, 0.05) is 43.9 Å². The van der Waals surface area contributed by atoms with Gasteiger partial charge in [0.15, 0.2) is 11.5 Å². The van der Waals surface area contributed by atoms with Gasteiger partial charge in [0.1, 0.15) is 5.82 Å². The minimum atomic E-state index is -0.352. The van der Waals surface area contributed by atoms with E-state index >= 15 is 0 Å². The Balaban J connectivity index is 1.37. The molecule has 1 saturated heterocycles. The van der Waals surface area contributed by atoms with Gasteiger partial charge in [0.05, 0.1) is 12.1 Å². The van der Waals surface area contributed by atoms with Gasteiger partial charge in [0.2, 0.25) is 18.6 Å². The largest absolute Gasteiger partial charge is 0.454 e. The Morgan fingerprint density at radius 3 is 2.96 bits per heavy atom. The molecule has 3 aliphatic rings. The molecular formula is C18H18N4O4. The van der Waals surface area contributed by atoms with E-state index in [1.165, 1.54) is 0 Å². The minimum Gasteiger partial charge on any atom is -0.454 e. The Bertz CT molecular complexity index is 893. The number of aryl methyl sites for hydroxylation is 1. The highest BCUT2D eigenvalue weighted by Crippen LogP contribution is 2.37. The zero-order chi connectivity index (χ0) is 17.7. The van der Waals surface area contributed by atoms with Crippen molar-refractivity contribution in [3.8, 4) is 11.5 Å². The highest BCUT2D eigenvalue weighted by Gasteiger charge is 2.39. The molecule has 26 heavy (non-hydrogen) atoms. The third-order valence-corrected chi connectivity index (χ3v) is 5.13. The fourth-order valence-electron chi connectivity index (χ4n) is 3.84. The summed E-state index contributed by atoms with van der Waals surface area (Å²) in [6.45, 7) is 2.05. The third-order valence-electron chi connectivity index (χ3n) is 5.13. The summed E-state index contributed by atoms with van der Waals surface area (Å²) >= 11 is 0. The maximum Gasteiger partial charge on any atom is 0.233 e. The lowest BCUT2D eigenvalue weighted by Crippen LogP contribution is -2.42. The van der Waals surface area contributed by atoms with Gasteiger partial charge in [-0.05, 0) is 18.6 Å². The predicted octanol–water partition coefficient (Wildman–Crippen LogP) is 1.40.